The zero-order valence-corrected chi connectivity index (χ0v) is 14.5. The van der Waals surface area contributed by atoms with Gasteiger partial charge in [-0.3, -0.25) is 9.59 Å². The summed E-state index contributed by atoms with van der Waals surface area (Å²) < 4.78 is 0. The topological polar surface area (TPSA) is 49.4 Å². The highest BCUT2D eigenvalue weighted by Crippen LogP contribution is 2.25. The Morgan fingerprint density at radius 1 is 1.21 bits per heavy atom. The Morgan fingerprint density at radius 2 is 1.96 bits per heavy atom. The van der Waals surface area contributed by atoms with E-state index < -0.39 is 0 Å². The van der Waals surface area contributed by atoms with E-state index in [0.29, 0.717) is 31.5 Å². The van der Waals surface area contributed by atoms with Crippen LogP contribution in [0, 0.1) is 11.8 Å². The van der Waals surface area contributed by atoms with Gasteiger partial charge >= 0.3 is 0 Å². The fraction of sp³-hybridized carbons (Fsp3) is 0.600. The maximum atomic E-state index is 12.5. The lowest BCUT2D eigenvalue weighted by Gasteiger charge is -2.30. The average molecular weight is 328 g/mol. The van der Waals surface area contributed by atoms with Gasteiger partial charge in [0.25, 0.3) is 0 Å². The zero-order valence-electron chi connectivity index (χ0n) is 14.5. The van der Waals surface area contributed by atoms with Gasteiger partial charge in [0, 0.05) is 25.6 Å². The molecule has 0 bridgehead atoms. The zero-order chi connectivity index (χ0) is 16.9. The predicted octanol–water partition coefficient (Wildman–Crippen LogP) is 2.77. The summed E-state index contributed by atoms with van der Waals surface area (Å²) in [4.78, 5) is 26.6. The van der Waals surface area contributed by atoms with E-state index in [1.54, 1.807) is 0 Å². The Kier molecular flexibility index (Phi) is 5.54. The van der Waals surface area contributed by atoms with Crippen LogP contribution in [-0.4, -0.2) is 35.8 Å². The summed E-state index contributed by atoms with van der Waals surface area (Å²) in [6.45, 7) is 3.49. The Balaban J connectivity index is 1.49. The van der Waals surface area contributed by atoms with Crippen LogP contribution in [-0.2, 0) is 16.0 Å². The fourth-order valence-corrected chi connectivity index (χ4v) is 3.90. The summed E-state index contributed by atoms with van der Waals surface area (Å²) >= 11 is 0. The van der Waals surface area contributed by atoms with Crippen LogP contribution in [0.25, 0.3) is 0 Å². The maximum absolute atomic E-state index is 12.5. The lowest BCUT2D eigenvalue weighted by Crippen LogP contribution is -2.44. The van der Waals surface area contributed by atoms with Crippen molar-refractivity contribution >= 4 is 11.8 Å². The minimum atomic E-state index is -0.178. The SMILES string of the molecule is CC1CCCCC1NC(=O)C1CC(=O)N(CCc2ccccc2)C1. The maximum Gasteiger partial charge on any atom is 0.225 e. The number of benzene rings is 1. The van der Waals surface area contributed by atoms with Crippen LogP contribution in [0.3, 0.4) is 0 Å². The van der Waals surface area contributed by atoms with Crippen LogP contribution in [0.2, 0.25) is 0 Å². The molecule has 2 fully saturated rings. The van der Waals surface area contributed by atoms with Crippen molar-refractivity contribution in [2.75, 3.05) is 13.1 Å². The number of carbonyl (C=O) groups is 2. The predicted molar refractivity (Wildman–Crippen MR) is 94.4 cm³/mol. The normalized spacial score (nSPS) is 27.3. The number of amides is 2. The summed E-state index contributed by atoms with van der Waals surface area (Å²) in [7, 11) is 0. The first kappa shape index (κ1) is 17.0. The Labute approximate surface area is 144 Å². The molecule has 4 heteroatoms. The molecule has 1 aliphatic heterocycles. The van der Waals surface area contributed by atoms with Crippen LogP contribution < -0.4 is 5.32 Å². The van der Waals surface area contributed by atoms with E-state index in [9.17, 15) is 9.59 Å². The van der Waals surface area contributed by atoms with E-state index in [1.165, 1.54) is 24.8 Å². The average Bonchev–Trinajstić information content (AvgIpc) is 2.97. The highest BCUT2D eigenvalue weighted by Gasteiger charge is 2.35. The Morgan fingerprint density at radius 3 is 2.71 bits per heavy atom. The van der Waals surface area contributed by atoms with E-state index in [4.69, 9.17) is 0 Å². The lowest BCUT2D eigenvalue weighted by atomic mass is 9.85. The van der Waals surface area contributed by atoms with Crippen molar-refractivity contribution in [3.8, 4) is 0 Å². The van der Waals surface area contributed by atoms with Crippen LogP contribution in [0.15, 0.2) is 30.3 Å². The summed E-state index contributed by atoms with van der Waals surface area (Å²) in [6.07, 6.45) is 5.94. The van der Waals surface area contributed by atoms with Gasteiger partial charge in [0.2, 0.25) is 11.8 Å². The van der Waals surface area contributed by atoms with Crippen molar-refractivity contribution in [3.63, 3.8) is 0 Å². The quantitative estimate of drug-likeness (QED) is 0.903. The molecule has 3 rings (SSSR count). The van der Waals surface area contributed by atoms with Crippen LogP contribution in [0.1, 0.15) is 44.6 Å². The Bertz CT molecular complexity index is 572. The van der Waals surface area contributed by atoms with Crippen molar-refractivity contribution in [2.45, 2.75) is 51.5 Å². The molecule has 2 aliphatic rings. The standard InChI is InChI=1S/C20H28N2O2/c1-15-7-5-6-10-18(15)21-20(24)17-13-19(23)22(14-17)12-11-16-8-3-2-4-9-16/h2-4,8-9,15,17-18H,5-7,10-14H2,1H3,(H,21,24). The van der Waals surface area contributed by atoms with Gasteiger partial charge in [-0.1, -0.05) is 50.1 Å². The number of hydrogen-bond acceptors (Lipinski definition) is 2. The number of rotatable bonds is 5. The molecule has 1 N–H and O–H groups in total. The minimum Gasteiger partial charge on any atom is -0.353 e. The van der Waals surface area contributed by atoms with E-state index in [0.717, 1.165) is 12.8 Å². The number of nitrogens with zero attached hydrogens (tertiary/aromatic N) is 1. The molecule has 1 saturated heterocycles. The molecule has 0 radical (unpaired) electrons. The first-order valence-corrected chi connectivity index (χ1v) is 9.25. The third-order valence-corrected chi connectivity index (χ3v) is 5.54. The van der Waals surface area contributed by atoms with Gasteiger partial charge in [0.1, 0.15) is 0 Å². The van der Waals surface area contributed by atoms with Gasteiger partial charge in [-0.2, -0.15) is 0 Å². The third-order valence-electron chi connectivity index (χ3n) is 5.54. The smallest absolute Gasteiger partial charge is 0.225 e. The van der Waals surface area contributed by atoms with Crippen molar-refractivity contribution < 1.29 is 9.59 Å². The first-order chi connectivity index (χ1) is 11.6. The van der Waals surface area contributed by atoms with Gasteiger partial charge in [-0.15, -0.1) is 0 Å². The summed E-state index contributed by atoms with van der Waals surface area (Å²) in [5, 5.41) is 3.21. The molecule has 1 aromatic carbocycles. The second-order valence-electron chi connectivity index (χ2n) is 7.35. The Hall–Kier alpha value is -1.84. The summed E-state index contributed by atoms with van der Waals surface area (Å²) in [5.74, 6) is 0.559. The molecule has 1 aliphatic carbocycles. The van der Waals surface area contributed by atoms with Gasteiger partial charge in [-0.25, -0.2) is 0 Å². The second kappa shape index (κ2) is 7.82. The molecule has 2 amide bonds. The largest absolute Gasteiger partial charge is 0.353 e. The highest BCUT2D eigenvalue weighted by molar-refractivity contribution is 5.89. The molecule has 24 heavy (non-hydrogen) atoms. The van der Waals surface area contributed by atoms with Gasteiger partial charge in [-0.05, 0) is 30.7 Å². The number of carbonyl (C=O) groups excluding carboxylic acids is 2. The van der Waals surface area contributed by atoms with E-state index in [1.807, 2.05) is 23.1 Å². The molecular weight excluding hydrogens is 300 g/mol. The van der Waals surface area contributed by atoms with E-state index >= 15 is 0 Å². The van der Waals surface area contributed by atoms with Crippen LogP contribution in [0.4, 0.5) is 0 Å². The fourth-order valence-electron chi connectivity index (χ4n) is 3.90. The summed E-state index contributed by atoms with van der Waals surface area (Å²) in [5.41, 5.74) is 1.23. The van der Waals surface area contributed by atoms with Gasteiger partial charge in [0.15, 0.2) is 0 Å². The van der Waals surface area contributed by atoms with Crippen molar-refractivity contribution in [2.24, 2.45) is 11.8 Å². The highest BCUT2D eigenvalue weighted by atomic mass is 16.2. The number of hydrogen-bond donors (Lipinski definition) is 1. The van der Waals surface area contributed by atoms with Gasteiger partial charge in [0.05, 0.1) is 5.92 Å². The molecule has 1 heterocycles. The lowest BCUT2D eigenvalue weighted by molar-refractivity contribution is -0.129. The molecule has 130 valence electrons. The molecule has 3 atom stereocenters. The first-order valence-electron chi connectivity index (χ1n) is 9.25. The van der Waals surface area contributed by atoms with Gasteiger partial charge < -0.3 is 10.2 Å². The van der Waals surface area contributed by atoms with Crippen LogP contribution >= 0.6 is 0 Å². The molecule has 0 aromatic heterocycles. The third kappa shape index (κ3) is 4.16. The van der Waals surface area contributed by atoms with Crippen LogP contribution in [0.5, 0.6) is 0 Å². The van der Waals surface area contributed by atoms with E-state index in [-0.39, 0.29) is 17.7 Å². The van der Waals surface area contributed by atoms with E-state index in [2.05, 4.69) is 24.4 Å². The molecule has 3 unspecified atom stereocenters. The monoisotopic (exact) mass is 328 g/mol. The molecular formula is C20H28N2O2. The molecule has 0 spiro atoms. The summed E-state index contributed by atoms with van der Waals surface area (Å²) in [6, 6.07) is 10.5. The van der Waals surface area contributed by atoms with Crippen molar-refractivity contribution in [1.82, 2.24) is 10.2 Å². The molecule has 1 aromatic rings. The molecule has 4 nitrogen and oxygen atoms in total. The number of likely N-dealkylation sites (tertiary alicyclic amines) is 1. The molecule has 1 saturated carbocycles. The van der Waals surface area contributed by atoms with Crippen molar-refractivity contribution in [3.05, 3.63) is 35.9 Å². The minimum absolute atomic E-state index is 0.0734. The number of nitrogens with one attached hydrogen (secondary N) is 1. The van der Waals surface area contributed by atoms with Crippen molar-refractivity contribution in [1.29, 1.82) is 0 Å². The second-order valence-corrected chi connectivity index (χ2v) is 7.35.